The molecule has 0 bridgehead atoms. The normalized spacial score (nSPS) is 14.2. The summed E-state index contributed by atoms with van der Waals surface area (Å²) in [5, 5.41) is 7.09. The smallest absolute Gasteiger partial charge is 0.378 e. The zero-order valence-corrected chi connectivity index (χ0v) is 16.9. The second-order valence-electron chi connectivity index (χ2n) is 6.48. The van der Waals surface area contributed by atoms with Gasteiger partial charge in [-0.3, -0.25) is 14.3 Å². The molecule has 1 saturated heterocycles. The summed E-state index contributed by atoms with van der Waals surface area (Å²) in [4.78, 5) is 31.6. The molecular weight excluding hydrogens is 421 g/mol. The Bertz CT molecular complexity index is 1110. The first-order valence-corrected chi connectivity index (χ1v) is 9.57. The molecule has 0 radical (unpaired) electrons. The summed E-state index contributed by atoms with van der Waals surface area (Å²) in [6.07, 6.45) is 0. The highest BCUT2D eigenvalue weighted by Gasteiger charge is 2.22. The minimum atomic E-state index is -0.640. The Morgan fingerprint density at radius 1 is 1.21 bits per heavy atom. The predicted molar refractivity (Wildman–Crippen MR) is 109 cm³/mol. The Labute approximate surface area is 174 Å². The third-order valence-electron chi connectivity index (χ3n) is 4.59. The molecule has 1 amide bonds. The van der Waals surface area contributed by atoms with Crippen LogP contribution in [0.1, 0.15) is 16.2 Å². The molecule has 29 heavy (non-hydrogen) atoms. The van der Waals surface area contributed by atoms with Crippen LogP contribution in [0, 0.1) is 6.92 Å². The van der Waals surface area contributed by atoms with E-state index in [1.54, 1.807) is 19.1 Å². The lowest BCUT2D eigenvalue weighted by atomic mass is 10.1. The standard InChI is InChI=1S/C18H17Cl2N5O4/c1-9-13(19)14(20)15(21-9)17(26)22-11-3-2-10(16-23-18(27)29-24-16)8-12(11)25-4-6-28-7-5-25/h2-3,8,21H,4-7H2,1H3,(H,22,26)(H,23,24,27). The lowest BCUT2D eigenvalue weighted by Gasteiger charge is -2.30. The highest BCUT2D eigenvalue weighted by atomic mass is 35.5. The van der Waals surface area contributed by atoms with Crippen molar-refractivity contribution >= 4 is 40.5 Å². The number of ether oxygens (including phenoxy) is 1. The Morgan fingerprint density at radius 2 is 1.97 bits per heavy atom. The summed E-state index contributed by atoms with van der Waals surface area (Å²) in [5.41, 5.74) is 2.78. The number of nitrogens with zero attached hydrogens (tertiary/aromatic N) is 2. The number of rotatable bonds is 4. The van der Waals surface area contributed by atoms with Gasteiger partial charge in [-0.2, -0.15) is 0 Å². The molecule has 9 nitrogen and oxygen atoms in total. The molecule has 0 atom stereocenters. The molecular formula is C18H17Cl2N5O4. The van der Waals surface area contributed by atoms with Crippen LogP contribution >= 0.6 is 23.2 Å². The molecule has 3 heterocycles. The fourth-order valence-electron chi connectivity index (χ4n) is 3.12. The van der Waals surface area contributed by atoms with Gasteiger partial charge in [0.1, 0.15) is 5.69 Å². The van der Waals surface area contributed by atoms with E-state index in [9.17, 15) is 9.59 Å². The number of amides is 1. The van der Waals surface area contributed by atoms with Crippen molar-refractivity contribution in [2.45, 2.75) is 6.92 Å². The van der Waals surface area contributed by atoms with Crippen LogP contribution in [-0.4, -0.2) is 47.3 Å². The molecule has 1 aliphatic heterocycles. The van der Waals surface area contributed by atoms with Crippen molar-refractivity contribution in [3.05, 3.63) is 50.2 Å². The topological polar surface area (TPSA) is 116 Å². The van der Waals surface area contributed by atoms with Gasteiger partial charge < -0.3 is 19.9 Å². The fourth-order valence-corrected chi connectivity index (χ4v) is 3.53. The molecule has 2 aromatic heterocycles. The molecule has 1 fully saturated rings. The maximum Gasteiger partial charge on any atom is 0.439 e. The van der Waals surface area contributed by atoms with Gasteiger partial charge in [0, 0.05) is 24.3 Å². The first-order valence-electron chi connectivity index (χ1n) is 8.82. The van der Waals surface area contributed by atoms with Crippen LogP contribution in [0.2, 0.25) is 10.0 Å². The highest BCUT2D eigenvalue weighted by Crippen LogP contribution is 2.33. The van der Waals surface area contributed by atoms with E-state index in [2.05, 4.69) is 29.9 Å². The first kappa shape index (κ1) is 19.6. The molecule has 0 spiro atoms. The summed E-state index contributed by atoms with van der Waals surface area (Å²) in [6.45, 7) is 4.16. The van der Waals surface area contributed by atoms with Crippen molar-refractivity contribution < 1.29 is 14.1 Å². The van der Waals surface area contributed by atoms with E-state index in [4.69, 9.17) is 27.9 Å². The number of halogens is 2. The number of aromatic nitrogens is 3. The van der Waals surface area contributed by atoms with Gasteiger partial charge in [-0.25, -0.2) is 4.79 Å². The average molecular weight is 438 g/mol. The van der Waals surface area contributed by atoms with E-state index in [-0.39, 0.29) is 10.7 Å². The molecule has 4 rings (SSSR count). The van der Waals surface area contributed by atoms with Gasteiger partial charge >= 0.3 is 5.76 Å². The van der Waals surface area contributed by atoms with E-state index in [0.717, 1.165) is 5.69 Å². The first-order chi connectivity index (χ1) is 13.9. The van der Waals surface area contributed by atoms with E-state index < -0.39 is 11.7 Å². The molecule has 3 aromatic rings. The number of aromatic amines is 2. The molecule has 152 valence electrons. The van der Waals surface area contributed by atoms with Crippen LogP contribution in [0.5, 0.6) is 0 Å². The third kappa shape index (κ3) is 3.89. The molecule has 0 aliphatic carbocycles. The van der Waals surface area contributed by atoms with Gasteiger partial charge in [0.15, 0.2) is 5.82 Å². The van der Waals surface area contributed by atoms with Gasteiger partial charge in [0.05, 0.1) is 34.6 Å². The Kier molecular flexibility index (Phi) is 5.35. The Hall–Kier alpha value is -2.75. The lowest BCUT2D eigenvalue weighted by Crippen LogP contribution is -2.36. The van der Waals surface area contributed by atoms with Crippen molar-refractivity contribution in [3.63, 3.8) is 0 Å². The number of carbonyl (C=O) groups excluding carboxylic acids is 1. The predicted octanol–water partition coefficient (Wildman–Crippen LogP) is 3.06. The zero-order valence-electron chi connectivity index (χ0n) is 15.3. The van der Waals surface area contributed by atoms with E-state index in [1.807, 2.05) is 6.07 Å². The van der Waals surface area contributed by atoms with E-state index in [0.29, 0.717) is 54.1 Å². The summed E-state index contributed by atoms with van der Waals surface area (Å²) in [7, 11) is 0. The van der Waals surface area contributed by atoms with Gasteiger partial charge in [-0.1, -0.05) is 28.4 Å². The Morgan fingerprint density at radius 3 is 2.59 bits per heavy atom. The monoisotopic (exact) mass is 437 g/mol. The Balaban J connectivity index is 1.70. The molecule has 0 unspecified atom stereocenters. The van der Waals surface area contributed by atoms with Crippen molar-refractivity contribution in [2.75, 3.05) is 36.5 Å². The zero-order chi connectivity index (χ0) is 20.5. The van der Waals surface area contributed by atoms with Crippen LogP contribution in [0.25, 0.3) is 11.4 Å². The van der Waals surface area contributed by atoms with Crippen molar-refractivity contribution in [1.29, 1.82) is 0 Å². The number of nitrogens with one attached hydrogen (secondary N) is 3. The summed E-state index contributed by atoms with van der Waals surface area (Å²) < 4.78 is 10.0. The number of anilines is 2. The van der Waals surface area contributed by atoms with Gasteiger partial charge in [-0.15, -0.1) is 0 Å². The second-order valence-corrected chi connectivity index (χ2v) is 7.24. The van der Waals surface area contributed by atoms with Crippen molar-refractivity contribution in [1.82, 2.24) is 15.1 Å². The molecule has 3 N–H and O–H groups in total. The van der Waals surface area contributed by atoms with Crippen molar-refractivity contribution in [2.24, 2.45) is 0 Å². The molecule has 1 aliphatic rings. The maximum absolute atomic E-state index is 12.8. The lowest BCUT2D eigenvalue weighted by molar-refractivity contribution is 0.102. The molecule has 1 aromatic carbocycles. The van der Waals surface area contributed by atoms with Crippen LogP contribution in [0.3, 0.4) is 0 Å². The number of aryl methyl sites for hydroxylation is 1. The fraction of sp³-hybridized carbons (Fsp3) is 0.278. The number of hydrogen-bond donors (Lipinski definition) is 3. The third-order valence-corrected chi connectivity index (χ3v) is 5.54. The number of H-pyrrole nitrogens is 2. The largest absolute Gasteiger partial charge is 0.439 e. The quantitative estimate of drug-likeness (QED) is 0.577. The minimum Gasteiger partial charge on any atom is -0.378 e. The minimum absolute atomic E-state index is 0.173. The van der Waals surface area contributed by atoms with Crippen LogP contribution in [-0.2, 0) is 4.74 Å². The van der Waals surface area contributed by atoms with Crippen LogP contribution in [0.15, 0.2) is 27.5 Å². The number of carbonyl (C=O) groups is 1. The molecule has 0 saturated carbocycles. The molecule has 11 heteroatoms. The van der Waals surface area contributed by atoms with Crippen molar-refractivity contribution in [3.8, 4) is 11.4 Å². The van der Waals surface area contributed by atoms with E-state index >= 15 is 0 Å². The van der Waals surface area contributed by atoms with Gasteiger partial charge in [0.25, 0.3) is 5.91 Å². The summed E-state index contributed by atoms with van der Waals surface area (Å²) in [6, 6.07) is 5.28. The summed E-state index contributed by atoms with van der Waals surface area (Å²) in [5.74, 6) is -0.752. The van der Waals surface area contributed by atoms with E-state index in [1.165, 1.54) is 0 Å². The highest BCUT2D eigenvalue weighted by molar-refractivity contribution is 6.44. The van der Waals surface area contributed by atoms with Crippen LogP contribution in [0.4, 0.5) is 11.4 Å². The summed E-state index contributed by atoms with van der Waals surface area (Å²) >= 11 is 12.2. The SMILES string of the molecule is Cc1[nH]c(C(=O)Nc2ccc(-c3noc(=O)[nH]3)cc2N2CCOCC2)c(Cl)c1Cl. The number of benzene rings is 1. The number of morpholine rings is 1. The second kappa shape index (κ2) is 7.94. The number of hydrogen-bond acceptors (Lipinski definition) is 6. The van der Waals surface area contributed by atoms with Crippen LogP contribution < -0.4 is 16.0 Å². The maximum atomic E-state index is 12.8. The van der Waals surface area contributed by atoms with Gasteiger partial charge in [-0.05, 0) is 25.1 Å². The average Bonchev–Trinajstić information content (AvgIpc) is 3.27. The van der Waals surface area contributed by atoms with Gasteiger partial charge in [0.2, 0.25) is 0 Å².